The number of hydrogen-bond donors (Lipinski definition) is 3. The largest absolute Gasteiger partial charge is 0.494 e. The molecule has 134 valence electrons. The predicted molar refractivity (Wildman–Crippen MR) is 90.8 cm³/mol. The normalized spacial score (nSPS) is 10.5. The quantitative estimate of drug-likeness (QED) is 0.601. The van der Waals surface area contributed by atoms with Gasteiger partial charge in [-0.25, -0.2) is 14.0 Å². The second kappa shape index (κ2) is 7.09. The maximum absolute atomic E-state index is 13.6. The summed E-state index contributed by atoms with van der Waals surface area (Å²) >= 11 is 0. The van der Waals surface area contributed by atoms with Gasteiger partial charge in [-0.2, -0.15) is 0 Å². The van der Waals surface area contributed by atoms with Crippen LogP contribution in [0.5, 0.6) is 5.75 Å². The van der Waals surface area contributed by atoms with E-state index in [9.17, 15) is 18.8 Å². The van der Waals surface area contributed by atoms with E-state index in [0.717, 1.165) is 6.07 Å². The molecule has 0 spiro atoms. The number of methoxy groups -OCH3 is 1. The van der Waals surface area contributed by atoms with Gasteiger partial charge in [-0.15, -0.1) is 0 Å². The SMILES string of the molecule is COc1ccc(C(=O)OCC(=O)Nc2ccc3[nH]c(=O)[nH]c3c2)cc1F. The number of fused-ring (bicyclic) bond motifs is 1. The molecule has 0 aliphatic carbocycles. The smallest absolute Gasteiger partial charge is 0.338 e. The molecule has 0 unspecified atom stereocenters. The predicted octanol–water partition coefficient (Wildman–Crippen LogP) is 1.80. The van der Waals surface area contributed by atoms with Gasteiger partial charge in [0.1, 0.15) is 0 Å². The summed E-state index contributed by atoms with van der Waals surface area (Å²) < 4.78 is 23.2. The number of aromatic amines is 2. The zero-order valence-corrected chi connectivity index (χ0v) is 13.6. The molecule has 0 bridgehead atoms. The molecule has 0 atom stereocenters. The Kier molecular flexibility index (Phi) is 4.70. The average molecular weight is 359 g/mol. The molecule has 0 radical (unpaired) electrons. The topological polar surface area (TPSA) is 113 Å². The minimum Gasteiger partial charge on any atom is -0.494 e. The first-order valence-corrected chi connectivity index (χ1v) is 7.49. The zero-order chi connectivity index (χ0) is 18.7. The van der Waals surface area contributed by atoms with Crippen LogP contribution in [-0.4, -0.2) is 35.6 Å². The number of carbonyl (C=O) groups is 2. The van der Waals surface area contributed by atoms with Crippen molar-refractivity contribution in [3.63, 3.8) is 0 Å². The van der Waals surface area contributed by atoms with Crippen molar-refractivity contribution < 1.29 is 23.5 Å². The lowest BCUT2D eigenvalue weighted by molar-refractivity contribution is -0.119. The number of hydrogen-bond acceptors (Lipinski definition) is 5. The van der Waals surface area contributed by atoms with Crippen molar-refractivity contribution in [3.8, 4) is 5.75 Å². The van der Waals surface area contributed by atoms with E-state index in [1.54, 1.807) is 18.2 Å². The Morgan fingerprint density at radius 2 is 1.88 bits per heavy atom. The van der Waals surface area contributed by atoms with Crippen LogP contribution in [0, 0.1) is 5.82 Å². The molecule has 1 amide bonds. The molecule has 0 saturated heterocycles. The first kappa shape index (κ1) is 17.2. The molecule has 1 aromatic heterocycles. The van der Waals surface area contributed by atoms with Crippen molar-refractivity contribution in [2.24, 2.45) is 0 Å². The van der Waals surface area contributed by atoms with Crippen molar-refractivity contribution in [2.75, 3.05) is 19.0 Å². The van der Waals surface area contributed by atoms with Gasteiger partial charge in [0.15, 0.2) is 18.2 Å². The van der Waals surface area contributed by atoms with Gasteiger partial charge in [0.05, 0.1) is 23.7 Å². The fourth-order valence-electron chi connectivity index (χ4n) is 2.32. The van der Waals surface area contributed by atoms with Crippen LogP contribution in [0.15, 0.2) is 41.2 Å². The van der Waals surface area contributed by atoms with Gasteiger partial charge in [0.2, 0.25) is 0 Å². The average Bonchev–Trinajstić information content (AvgIpc) is 2.98. The summed E-state index contributed by atoms with van der Waals surface area (Å²) in [4.78, 5) is 40.1. The van der Waals surface area contributed by atoms with Gasteiger partial charge in [-0.05, 0) is 36.4 Å². The number of halogens is 1. The van der Waals surface area contributed by atoms with Crippen LogP contribution >= 0.6 is 0 Å². The minimum atomic E-state index is -0.841. The van der Waals surface area contributed by atoms with E-state index in [-0.39, 0.29) is 17.0 Å². The number of nitrogens with one attached hydrogen (secondary N) is 3. The van der Waals surface area contributed by atoms with Crippen LogP contribution in [0.2, 0.25) is 0 Å². The van der Waals surface area contributed by atoms with Crippen molar-refractivity contribution in [1.82, 2.24) is 9.97 Å². The summed E-state index contributed by atoms with van der Waals surface area (Å²) in [6.45, 7) is -0.547. The van der Waals surface area contributed by atoms with Crippen LogP contribution in [0.25, 0.3) is 11.0 Å². The molecule has 9 heteroatoms. The van der Waals surface area contributed by atoms with Crippen molar-refractivity contribution in [1.29, 1.82) is 0 Å². The molecule has 0 aliphatic rings. The number of esters is 1. The van der Waals surface area contributed by atoms with Crippen LogP contribution in [0.4, 0.5) is 10.1 Å². The Bertz CT molecular complexity index is 1040. The molecule has 1 heterocycles. The summed E-state index contributed by atoms with van der Waals surface area (Å²) in [5.74, 6) is -2.13. The van der Waals surface area contributed by atoms with Crippen molar-refractivity contribution in [2.45, 2.75) is 0 Å². The second-order valence-corrected chi connectivity index (χ2v) is 5.31. The fraction of sp³-hybridized carbons (Fsp3) is 0.118. The number of ether oxygens (including phenoxy) is 2. The van der Waals surface area contributed by atoms with E-state index in [1.807, 2.05) is 0 Å². The molecule has 8 nitrogen and oxygen atoms in total. The summed E-state index contributed by atoms with van der Waals surface area (Å²) in [6, 6.07) is 8.36. The molecule has 0 fully saturated rings. The first-order chi connectivity index (χ1) is 12.5. The van der Waals surface area contributed by atoms with E-state index in [2.05, 4.69) is 15.3 Å². The first-order valence-electron chi connectivity index (χ1n) is 7.49. The van der Waals surface area contributed by atoms with E-state index in [1.165, 1.54) is 19.2 Å². The maximum atomic E-state index is 13.6. The van der Waals surface area contributed by atoms with Gasteiger partial charge < -0.3 is 24.8 Å². The van der Waals surface area contributed by atoms with Crippen LogP contribution < -0.4 is 15.7 Å². The van der Waals surface area contributed by atoms with Crippen LogP contribution in [0.3, 0.4) is 0 Å². The summed E-state index contributed by atoms with van der Waals surface area (Å²) in [7, 11) is 1.31. The Hall–Kier alpha value is -3.62. The molecule has 3 N–H and O–H groups in total. The molecule has 0 saturated carbocycles. The third-order valence-corrected chi connectivity index (χ3v) is 3.52. The zero-order valence-electron chi connectivity index (χ0n) is 13.6. The number of benzene rings is 2. The van der Waals surface area contributed by atoms with Gasteiger partial charge in [-0.3, -0.25) is 4.79 Å². The molecular weight excluding hydrogens is 345 g/mol. The Morgan fingerprint density at radius 1 is 1.12 bits per heavy atom. The van der Waals surface area contributed by atoms with E-state index in [0.29, 0.717) is 16.7 Å². The number of anilines is 1. The monoisotopic (exact) mass is 359 g/mol. The molecule has 2 aromatic carbocycles. The fourth-order valence-corrected chi connectivity index (χ4v) is 2.32. The highest BCUT2D eigenvalue weighted by atomic mass is 19.1. The molecule has 26 heavy (non-hydrogen) atoms. The number of amides is 1. The number of imidazole rings is 1. The number of carbonyl (C=O) groups excluding carboxylic acids is 2. The van der Waals surface area contributed by atoms with Crippen LogP contribution in [0.1, 0.15) is 10.4 Å². The molecule has 0 aliphatic heterocycles. The minimum absolute atomic E-state index is 0.00233. The molecule has 3 rings (SSSR count). The maximum Gasteiger partial charge on any atom is 0.338 e. The Labute approximate surface area is 145 Å². The second-order valence-electron chi connectivity index (χ2n) is 5.31. The number of H-pyrrole nitrogens is 2. The van der Waals surface area contributed by atoms with Gasteiger partial charge in [-0.1, -0.05) is 0 Å². The van der Waals surface area contributed by atoms with E-state index in [4.69, 9.17) is 9.47 Å². The number of rotatable bonds is 5. The lowest BCUT2D eigenvalue weighted by atomic mass is 10.2. The summed E-state index contributed by atoms with van der Waals surface area (Å²) in [5.41, 5.74) is 1.15. The van der Waals surface area contributed by atoms with Crippen molar-refractivity contribution >= 4 is 28.6 Å². The Balaban J connectivity index is 1.59. The standard InChI is InChI=1S/C17H14FN3O5/c1-25-14-5-2-9(6-11(14)18)16(23)26-8-15(22)19-10-3-4-12-13(7-10)21-17(24)20-12/h2-7H,8H2,1H3,(H,19,22)(H2,20,21,24). The van der Waals surface area contributed by atoms with Crippen molar-refractivity contribution in [3.05, 3.63) is 58.3 Å². The highest BCUT2D eigenvalue weighted by Crippen LogP contribution is 2.18. The lowest BCUT2D eigenvalue weighted by Crippen LogP contribution is -2.21. The van der Waals surface area contributed by atoms with E-state index < -0.39 is 24.3 Å². The van der Waals surface area contributed by atoms with E-state index >= 15 is 0 Å². The summed E-state index contributed by atoms with van der Waals surface area (Å²) in [5, 5.41) is 2.53. The van der Waals surface area contributed by atoms with Gasteiger partial charge in [0.25, 0.3) is 5.91 Å². The highest BCUT2D eigenvalue weighted by Gasteiger charge is 2.13. The third-order valence-electron chi connectivity index (χ3n) is 3.52. The molecular formula is C17H14FN3O5. The van der Waals surface area contributed by atoms with Gasteiger partial charge in [0, 0.05) is 5.69 Å². The highest BCUT2D eigenvalue weighted by molar-refractivity contribution is 5.96. The van der Waals surface area contributed by atoms with Gasteiger partial charge >= 0.3 is 11.7 Å². The summed E-state index contributed by atoms with van der Waals surface area (Å²) in [6.07, 6.45) is 0. The van der Waals surface area contributed by atoms with Crippen LogP contribution in [-0.2, 0) is 9.53 Å². The number of aromatic nitrogens is 2. The Morgan fingerprint density at radius 3 is 2.62 bits per heavy atom. The third kappa shape index (κ3) is 3.72. The lowest BCUT2D eigenvalue weighted by Gasteiger charge is -2.08. The molecule has 3 aromatic rings.